The van der Waals surface area contributed by atoms with Crippen molar-refractivity contribution in [2.24, 2.45) is 11.1 Å². The van der Waals surface area contributed by atoms with Gasteiger partial charge in [0.05, 0.1) is 11.6 Å². The van der Waals surface area contributed by atoms with E-state index in [9.17, 15) is 9.59 Å². The Balaban J connectivity index is 2.84. The number of carbonyl (C=O) groups excluding carboxylic acids is 2. The van der Waals surface area contributed by atoms with E-state index in [4.69, 9.17) is 5.73 Å². The van der Waals surface area contributed by atoms with Crippen LogP contribution < -0.4 is 16.4 Å². The molecular weight excluding hydrogens is 218 g/mol. The molecule has 17 heavy (non-hydrogen) atoms. The summed E-state index contributed by atoms with van der Waals surface area (Å²) in [6.07, 6.45) is 4.82. The number of urea groups is 1. The summed E-state index contributed by atoms with van der Waals surface area (Å²) in [6, 6.07) is -0.480. The van der Waals surface area contributed by atoms with Crippen LogP contribution in [-0.4, -0.2) is 18.1 Å². The van der Waals surface area contributed by atoms with Crippen LogP contribution in [-0.2, 0) is 4.79 Å². The summed E-state index contributed by atoms with van der Waals surface area (Å²) in [5.74, 6) is -0.212. The Hall–Kier alpha value is -1.10. The van der Waals surface area contributed by atoms with Crippen LogP contribution in [0, 0.1) is 5.41 Å². The lowest BCUT2D eigenvalue weighted by Crippen LogP contribution is -2.67. The fourth-order valence-electron chi connectivity index (χ4n) is 2.33. The molecule has 0 aliphatic carbocycles. The third-order valence-corrected chi connectivity index (χ3v) is 3.51. The highest BCUT2D eigenvalue weighted by Crippen LogP contribution is 2.35. The van der Waals surface area contributed by atoms with Gasteiger partial charge in [-0.3, -0.25) is 10.1 Å². The number of imide groups is 1. The molecule has 1 atom stereocenters. The Morgan fingerprint density at radius 1 is 1.18 bits per heavy atom. The molecule has 1 aliphatic heterocycles. The standard InChI is InChI=1S/C12H23N3O2/c1-3-5-7-12(8-6-4-2)9(13)14-11(17)15-10(12)16/h9H,3-8,13H2,1-2H3,(H2,14,15,16,17). The maximum absolute atomic E-state index is 12.1. The normalized spacial score (nSPS) is 23.1. The lowest BCUT2D eigenvalue weighted by Gasteiger charge is -2.41. The molecule has 0 aromatic carbocycles. The summed E-state index contributed by atoms with van der Waals surface area (Å²) in [7, 11) is 0. The van der Waals surface area contributed by atoms with Crippen LogP contribution in [0.4, 0.5) is 4.79 Å². The van der Waals surface area contributed by atoms with Crippen LogP contribution in [0.15, 0.2) is 0 Å². The first-order valence-electron chi connectivity index (χ1n) is 6.44. The van der Waals surface area contributed by atoms with Gasteiger partial charge < -0.3 is 11.1 Å². The number of unbranched alkanes of at least 4 members (excludes halogenated alkanes) is 2. The van der Waals surface area contributed by atoms with Crippen LogP contribution in [0.25, 0.3) is 0 Å². The van der Waals surface area contributed by atoms with Gasteiger partial charge in [0.2, 0.25) is 5.91 Å². The average Bonchev–Trinajstić information content (AvgIpc) is 2.27. The zero-order valence-electron chi connectivity index (χ0n) is 10.7. The number of hydrogen-bond acceptors (Lipinski definition) is 3. The molecule has 1 rings (SSSR count). The Kier molecular flexibility index (Phi) is 4.93. The predicted octanol–water partition coefficient (Wildman–Crippen LogP) is 1.48. The molecule has 1 fully saturated rings. The van der Waals surface area contributed by atoms with E-state index in [1.54, 1.807) is 0 Å². The van der Waals surface area contributed by atoms with Gasteiger partial charge in [-0.1, -0.05) is 39.5 Å². The topological polar surface area (TPSA) is 84.2 Å². The molecule has 1 aliphatic rings. The van der Waals surface area contributed by atoms with E-state index >= 15 is 0 Å². The minimum Gasteiger partial charge on any atom is -0.322 e. The number of carbonyl (C=O) groups is 2. The van der Waals surface area contributed by atoms with Crippen molar-refractivity contribution in [2.75, 3.05) is 0 Å². The molecule has 0 bridgehead atoms. The lowest BCUT2D eigenvalue weighted by molar-refractivity contribution is -0.134. The molecule has 0 aromatic heterocycles. The first-order valence-corrected chi connectivity index (χ1v) is 6.44. The largest absolute Gasteiger partial charge is 0.322 e. The Morgan fingerprint density at radius 3 is 2.12 bits per heavy atom. The molecule has 98 valence electrons. The summed E-state index contributed by atoms with van der Waals surface area (Å²) >= 11 is 0. The molecular formula is C12H23N3O2. The van der Waals surface area contributed by atoms with Gasteiger partial charge in [0, 0.05) is 0 Å². The van der Waals surface area contributed by atoms with Crippen molar-refractivity contribution in [3.63, 3.8) is 0 Å². The van der Waals surface area contributed by atoms with Gasteiger partial charge in [-0.05, 0) is 12.8 Å². The number of amides is 3. The highest BCUT2D eigenvalue weighted by atomic mass is 16.2. The van der Waals surface area contributed by atoms with Crippen LogP contribution in [0.3, 0.4) is 0 Å². The second-order valence-electron chi connectivity index (χ2n) is 4.77. The quantitative estimate of drug-likeness (QED) is 0.658. The first kappa shape index (κ1) is 14.0. The van der Waals surface area contributed by atoms with E-state index in [1.165, 1.54) is 0 Å². The molecule has 1 saturated heterocycles. The number of nitrogens with two attached hydrogens (primary N) is 1. The van der Waals surface area contributed by atoms with E-state index in [2.05, 4.69) is 24.5 Å². The summed E-state index contributed by atoms with van der Waals surface area (Å²) < 4.78 is 0. The van der Waals surface area contributed by atoms with Gasteiger partial charge in [-0.15, -0.1) is 0 Å². The van der Waals surface area contributed by atoms with Crippen molar-refractivity contribution < 1.29 is 9.59 Å². The molecule has 1 unspecified atom stereocenters. The van der Waals surface area contributed by atoms with Gasteiger partial charge in [-0.25, -0.2) is 4.79 Å². The van der Waals surface area contributed by atoms with E-state index in [-0.39, 0.29) is 5.91 Å². The molecule has 1 heterocycles. The molecule has 3 amide bonds. The Labute approximate surface area is 103 Å². The SMILES string of the molecule is CCCCC1(CCCC)C(=O)NC(=O)NC1N. The van der Waals surface area contributed by atoms with Crippen molar-refractivity contribution in [3.05, 3.63) is 0 Å². The molecule has 0 aromatic rings. The summed E-state index contributed by atoms with van der Waals surface area (Å²) in [5.41, 5.74) is 5.36. The smallest absolute Gasteiger partial charge is 0.322 e. The monoisotopic (exact) mass is 241 g/mol. The van der Waals surface area contributed by atoms with Crippen LogP contribution in [0.1, 0.15) is 52.4 Å². The minimum atomic E-state index is -0.625. The van der Waals surface area contributed by atoms with Gasteiger partial charge in [0.25, 0.3) is 0 Å². The third-order valence-electron chi connectivity index (χ3n) is 3.51. The van der Waals surface area contributed by atoms with Crippen molar-refractivity contribution in [3.8, 4) is 0 Å². The molecule has 0 radical (unpaired) electrons. The molecule has 5 nitrogen and oxygen atoms in total. The van der Waals surface area contributed by atoms with Crippen molar-refractivity contribution in [2.45, 2.75) is 58.5 Å². The van der Waals surface area contributed by atoms with Crippen molar-refractivity contribution in [1.82, 2.24) is 10.6 Å². The third kappa shape index (κ3) is 2.97. The minimum absolute atomic E-state index is 0.212. The average molecular weight is 241 g/mol. The Bertz CT molecular complexity index is 283. The lowest BCUT2D eigenvalue weighted by atomic mass is 9.74. The second kappa shape index (κ2) is 6.00. The first-order chi connectivity index (χ1) is 8.06. The molecule has 0 saturated carbocycles. The maximum Gasteiger partial charge on any atom is 0.322 e. The van der Waals surface area contributed by atoms with E-state index in [0.717, 1.165) is 38.5 Å². The summed E-state index contributed by atoms with van der Waals surface area (Å²) in [4.78, 5) is 23.3. The zero-order valence-corrected chi connectivity index (χ0v) is 10.7. The highest BCUT2D eigenvalue weighted by Gasteiger charge is 2.47. The molecule has 4 N–H and O–H groups in total. The summed E-state index contributed by atoms with van der Waals surface area (Å²) in [6.45, 7) is 4.16. The second-order valence-corrected chi connectivity index (χ2v) is 4.77. The summed E-state index contributed by atoms with van der Waals surface area (Å²) in [5, 5.41) is 4.97. The van der Waals surface area contributed by atoms with Crippen LogP contribution in [0.2, 0.25) is 0 Å². The fourth-order valence-corrected chi connectivity index (χ4v) is 2.33. The van der Waals surface area contributed by atoms with Gasteiger partial charge in [0.15, 0.2) is 0 Å². The molecule has 0 spiro atoms. The number of hydrogen-bond donors (Lipinski definition) is 3. The van der Waals surface area contributed by atoms with Crippen molar-refractivity contribution in [1.29, 1.82) is 0 Å². The van der Waals surface area contributed by atoms with E-state index in [0.29, 0.717) is 0 Å². The van der Waals surface area contributed by atoms with Gasteiger partial charge in [-0.2, -0.15) is 0 Å². The van der Waals surface area contributed by atoms with Crippen molar-refractivity contribution >= 4 is 11.9 Å². The predicted molar refractivity (Wildman–Crippen MR) is 66.1 cm³/mol. The number of nitrogens with one attached hydrogen (secondary N) is 2. The fraction of sp³-hybridized carbons (Fsp3) is 0.833. The van der Waals surface area contributed by atoms with Crippen LogP contribution in [0.5, 0.6) is 0 Å². The van der Waals surface area contributed by atoms with Crippen LogP contribution >= 0.6 is 0 Å². The molecule has 5 heteroatoms. The van der Waals surface area contributed by atoms with Gasteiger partial charge in [0.1, 0.15) is 0 Å². The van der Waals surface area contributed by atoms with E-state index < -0.39 is 17.6 Å². The van der Waals surface area contributed by atoms with E-state index in [1.807, 2.05) is 0 Å². The zero-order chi connectivity index (χ0) is 12.9. The maximum atomic E-state index is 12.1. The number of rotatable bonds is 6. The Morgan fingerprint density at radius 2 is 1.71 bits per heavy atom. The van der Waals surface area contributed by atoms with Gasteiger partial charge >= 0.3 is 6.03 Å². The highest BCUT2D eigenvalue weighted by molar-refractivity contribution is 6.00.